The van der Waals surface area contributed by atoms with Gasteiger partial charge in [0.1, 0.15) is 0 Å². The lowest BCUT2D eigenvalue weighted by molar-refractivity contribution is -0.114. The third-order valence-electron chi connectivity index (χ3n) is 2.10. The maximum Gasteiger partial charge on any atom is 0.221 e. The number of carbonyl (C=O) groups excluding carboxylic acids is 1. The highest BCUT2D eigenvalue weighted by Crippen LogP contribution is 2.30. The summed E-state index contributed by atoms with van der Waals surface area (Å²) in [7, 11) is 0. The Morgan fingerprint density at radius 3 is 2.64 bits per heavy atom. The minimum absolute atomic E-state index is 0.0380. The van der Waals surface area contributed by atoms with Crippen molar-refractivity contribution < 1.29 is 4.79 Å². The van der Waals surface area contributed by atoms with Crippen LogP contribution < -0.4 is 5.32 Å². The van der Waals surface area contributed by atoms with Crippen molar-refractivity contribution >= 4 is 11.6 Å². The van der Waals surface area contributed by atoms with E-state index >= 15 is 0 Å². The molecular weight excluding hydrogens is 174 g/mol. The zero-order valence-electron chi connectivity index (χ0n) is 7.95. The monoisotopic (exact) mass is 185 g/mol. The molecule has 0 spiro atoms. The zero-order valence-corrected chi connectivity index (χ0v) is 7.95. The average molecular weight is 185 g/mol. The van der Waals surface area contributed by atoms with Crippen LogP contribution in [0, 0.1) is 0 Å². The van der Waals surface area contributed by atoms with Gasteiger partial charge in [0.15, 0.2) is 0 Å². The van der Waals surface area contributed by atoms with Crippen molar-refractivity contribution in [1.82, 2.24) is 0 Å². The predicted molar refractivity (Wildman–Crippen MR) is 57.4 cm³/mol. The van der Waals surface area contributed by atoms with Crippen LogP contribution in [0.4, 0.5) is 5.69 Å². The van der Waals surface area contributed by atoms with Gasteiger partial charge in [0.05, 0.1) is 0 Å². The van der Waals surface area contributed by atoms with Gasteiger partial charge in [-0.25, -0.2) is 0 Å². The van der Waals surface area contributed by atoms with E-state index < -0.39 is 0 Å². The van der Waals surface area contributed by atoms with Crippen LogP contribution in [0.3, 0.4) is 0 Å². The van der Waals surface area contributed by atoms with Crippen molar-refractivity contribution in [3.63, 3.8) is 0 Å². The third-order valence-corrected chi connectivity index (χ3v) is 2.10. The van der Waals surface area contributed by atoms with E-state index in [-0.39, 0.29) is 5.91 Å². The highest BCUT2D eigenvalue weighted by molar-refractivity contribution is 5.95. The number of hydrogen-bond donors (Lipinski definition) is 1. The molecule has 2 aliphatic carbocycles. The molecule has 0 saturated carbocycles. The smallest absolute Gasteiger partial charge is 0.221 e. The van der Waals surface area contributed by atoms with Gasteiger partial charge >= 0.3 is 0 Å². The Balaban J connectivity index is 2.47. The van der Waals surface area contributed by atoms with Crippen LogP contribution in [0.2, 0.25) is 0 Å². The van der Waals surface area contributed by atoms with E-state index in [1.165, 1.54) is 6.92 Å². The summed E-state index contributed by atoms with van der Waals surface area (Å²) >= 11 is 0. The van der Waals surface area contributed by atoms with Gasteiger partial charge in [0.2, 0.25) is 5.91 Å². The van der Waals surface area contributed by atoms with Gasteiger partial charge in [-0.15, -0.1) is 0 Å². The summed E-state index contributed by atoms with van der Waals surface area (Å²) in [6.07, 6.45) is 0. The Bertz CT molecular complexity index is 436. The fourth-order valence-corrected chi connectivity index (χ4v) is 1.51. The Hall–Kier alpha value is -1.83. The molecule has 0 aromatic rings. The molecule has 0 aromatic carbocycles. The highest BCUT2D eigenvalue weighted by atomic mass is 16.1. The van der Waals surface area contributed by atoms with E-state index in [2.05, 4.69) is 5.32 Å². The summed E-state index contributed by atoms with van der Waals surface area (Å²) in [6.45, 7) is 1.52. The number of rotatable bonds is 1. The second-order valence-corrected chi connectivity index (χ2v) is 3.21. The molecule has 0 bridgehead atoms. The molecule has 0 fully saturated rings. The molecule has 0 unspecified atom stereocenters. The van der Waals surface area contributed by atoms with Crippen LogP contribution in [-0.4, -0.2) is 5.91 Å². The van der Waals surface area contributed by atoms with Crippen LogP contribution in [0.25, 0.3) is 11.1 Å². The average Bonchev–Trinajstić information content (AvgIpc) is 2.37. The molecule has 2 rings (SSSR count). The lowest BCUT2D eigenvalue weighted by atomic mass is 10.2. The van der Waals surface area contributed by atoms with Gasteiger partial charge in [-0.3, -0.25) is 4.79 Å². The van der Waals surface area contributed by atoms with Crippen molar-refractivity contribution in [2.75, 3.05) is 5.32 Å². The van der Waals surface area contributed by atoms with Crippen LogP contribution in [0.5, 0.6) is 0 Å². The van der Waals surface area contributed by atoms with E-state index in [4.69, 9.17) is 0 Å². The minimum atomic E-state index is -0.0380. The molecule has 0 saturated heterocycles. The fourth-order valence-electron chi connectivity index (χ4n) is 1.51. The van der Waals surface area contributed by atoms with E-state index in [9.17, 15) is 4.79 Å². The van der Waals surface area contributed by atoms with Gasteiger partial charge in [0, 0.05) is 18.2 Å². The molecule has 70 valence electrons. The maximum absolute atomic E-state index is 10.9. The standard InChI is InChI=1S/C12H11NO/c1-9(14)13-12-8-7-10-5-3-2-4-6-11(10)12/h2-8H,1H3,(H,13,14). The number of hydrogen-bond acceptors (Lipinski definition) is 1. The molecule has 1 N–H and O–H groups in total. The SMILES string of the molecule is CC(=O)Nc1ccc2cccccc1-2. The summed E-state index contributed by atoms with van der Waals surface area (Å²) in [4.78, 5) is 10.9. The Morgan fingerprint density at radius 2 is 1.86 bits per heavy atom. The second-order valence-electron chi connectivity index (χ2n) is 3.21. The Kier molecular flexibility index (Phi) is 2.19. The molecule has 2 nitrogen and oxygen atoms in total. The summed E-state index contributed by atoms with van der Waals surface area (Å²) in [6, 6.07) is 13.9. The minimum Gasteiger partial charge on any atom is -0.326 e. The normalized spacial score (nSPS) is 10.1. The number of amides is 1. The van der Waals surface area contributed by atoms with Crippen molar-refractivity contribution in [3.05, 3.63) is 42.5 Å². The topological polar surface area (TPSA) is 29.1 Å². The molecule has 0 heterocycles. The summed E-state index contributed by atoms with van der Waals surface area (Å²) in [5.41, 5.74) is 3.09. The largest absolute Gasteiger partial charge is 0.326 e. The van der Waals surface area contributed by atoms with E-state index in [0.29, 0.717) is 0 Å². The molecule has 2 aliphatic rings. The first kappa shape index (κ1) is 8.75. The molecule has 0 aromatic heterocycles. The van der Waals surface area contributed by atoms with Crippen LogP contribution in [0.15, 0.2) is 42.5 Å². The van der Waals surface area contributed by atoms with Crippen molar-refractivity contribution in [1.29, 1.82) is 0 Å². The van der Waals surface area contributed by atoms with Gasteiger partial charge in [-0.2, -0.15) is 0 Å². The number of carbonyl (C=O) groups is 1. The van der Waals surface area contributed by atoms with Gasteiger partial charge in [-0.05, 0) is 11.6 Å². The first-order chi connectivity index (χ1) is 6.77. The lowest BCUT2D eigenvalue weighted by Gasteiger charge is -2.01. The molecule has 0 aliphatic heterocycles. The Labute approximate surface area is 82.9 Å². The van der Waals surface area contributed by atoms with Crippen LogP contribution >= 0.6 is 0 Å². The van der Waals surface area contributed by atoms with Gasteiger partial charge in [0.25, 0.3) is 0 Å². The molecule has 0 radical (unpaired) electrons. The summed E-state index contributed by atoms with van der Waals surface area (Å²) in [5, 5.41) is 2.80. The first-order valence-electron chi connectivity index (χ1n) is 4.53. The van der Waals surface area contributed by atoms with E-state index in [1.54, 1.807) is 0 Å². The number of fused-ring (bicyclic) bond motifs is 1. The number of anilines is 1. The maximum atomic E-state index is 10.9. The van der Waals surface area contributed by atoms with Crippen molar-refractivity contribution in [2.24, 2.45) is 0 Å². The first-order valence-corrected chi connectivity index (χ1v) is 4.53. The van der Waals surface area contributed by atoms with Crippen molar-refractivity contribution in [2.45, 2.75) is 6.92 Å². The van der Waals surface area contributed by atoms with Crippen molar-refractivity contribution in [3.8, 4) is 11.1 Å². The summed E-state index contributed by atoms with van der Waals surface area (Å²) in [5.74, 6) is -0.0380. The van der Waals surface area contributed by atoms with E-state index in [1.807, 2.05) is 42.5 Å². The van der Waals surface area contributed by atoms with E-state index in [0.717, 1.165) is 16.8 Å². The molecular formula is C12H11NO. The zero-order chi connectivity index (χ0) is 9.97. The summed E-state index contributed by atoms with van der Waals surface area (Å²) < 4.78 is 0. The fraction of sp³-hybridized carbons (Fsp3) is 0.0833. The van der Waals surface area contributed by atoms with Crippen LogP contribution in [0.1, 0.15) is 6.92 Å². The number of nitrogens with one attached hydrogen (secondary N) is 1. The van der Waals surface area contributed by atoms with Gasteiger partial charge in [-0.1, -0.05) is 36.4 Å². The predicted octanol–water partition coefficient (Wildman–Crippen LogP) is 2.75. The quantitative estimate of drug-likeness (QED) is 0.727. The second kappa shape index (κ2) is 3.50. The molecule has 0 atom stereocenters. The third kappa shape index (κ3) is 1.59. The molecule has 1 amide bonds. The molecule has 2 heteroatoms. The van der Waals surface area contributed by atoms with Crippen LogP contribution in [-0.2, 0) is 4.79 Å². The van der Waals surface area contributed by atoms with Gasteiger partial charge < -0.3 is 5.32 Å². The molecule has 14 heavy (non-hydrogen) atoms. The lowest BCUT2D eigenvalue weighted by Crippen LogP contribution is -2.05. The highest BCUT2D eigenvalue weighted by Gasteiger charge is 2.07. The Morgan fingerprint density at radius 1 is 1.07 bits per heavy atom.